The third-order valence-electron chi connectivity index (χ3n) is 6.98. The second kappa shape index (κ2) is 11.1. The van der Waals surface area contributed by atoms with E-state index >= 15 is 0 Å². The minimum absolute atomic E-state index is 0.231. The highest BCUT2D eigenvalue weighted by molar-refractivity contribution is 7.80. The summed E-state index contributed by atoms with van der Waals surface area (Å²) in [5, 5.41) is 13.4. The van der Waals surface area contributed by atoms with Gasteiger partial charge in [0.25, 0.3) is 0 Å². The highest BCUT2D eigenvalue weighted by atomic mass is 32.1. The maximum Gasteiger partial charge on any atom is 0.335 e. The molecule has 0 unspecified atom stereocenters. The standard InChI is InChI=1S/C32H26N4O4S/c1-39-24-15-17-26(18-16-24)40-25-13-11-23(12-14-25)36-30(29(34-32(36)41)27-5-2-3-19-33-27)28-6-4-20-35(28)22-9-7-21(8-10-22)31(37)38/h2-20,29-30H,1H3,(H,34,41)(H,37,38)/t29-,30+/m1/s1. The molecule has 1 aliphatic heterocycles. The third-order valence-corrected chi connectivity index (χ3v) is 7.30. The Bertz CT molecular complexity index is 1670. The molecule has 0 amide bonds. The molecule has 41 heavy (non-hydrogen) atoms. The molecule has 0 radical (unpaired) electrons. The SMILES string of the molecule is COc1ccc(Oc2ccc(N3C(=S)N[C@H](c4ccccn4)[C@@H]3c3cccn3-c3ccc(C(=O)O)cc3)cc2)cc1. The molecule has 0 aliphatic carbocycles. The van der Waals surface area contributed by atoms with Crippen LogP contribution in [0.3, 0.4) is 0 Å². The van der Waals surface area contributed by atoms with E-state index in [-0.39, 0.29) is 17.6 Å². The molecule has 3 aromatic carbocycles. The average molecular weight is 563 g/mol. The van der Waals surface area contributed by atoms with Crippen LogP contribution in [0.2, 0.25) is 0 Å². The Labute approximate surface area is 242 Å². The van der Waals surface area contributed by atoms with E-state index in [2.05, 4.69) is 25.8 Å². The summed E-state index contributed by atoms with van der Waals surface area (Å²) in [6, 6.07) is 31.4. The molecule has 1 aliphatic rings. The van der Waals surface area contributed by atoms with Gasteiger partial charge in [-0.15, -0.1) is 0 Å². The van der Waals surface area contributed by atoms with Crippen molar-refractivity contribution in [3.63, 3.8) is 0 Å². The van der Waals surface area contributed by atoms with Crippen LogP contribution in [0.5, 0.6) is 17.2 Å². The number of aromatic carboxylic acids is 1. The van der Waals surface area contributed by atoms with E-state index < -0.39 is 5.97 Å². The quantitative estimate of drug-likeness (QED) is 0.206. The van der Waals surface area contributed by atoms with Crippen LogP contribution in [0.25, 0.3) is 5.69 Å². The van der Waals surface area contributed by atoms with Crippen LogP contribution >= 0.6 is 12.2 Å². The number of anilines is 1. The van der Waals surface area contributed by atoms with Crippen LogP contribution in [0.15, 0.2) is 116 Å². The third kappa shape index (κ3) is 5.22. The van der Waals surface area contributed by atoms with E-state index in [0.717, 1.165) is 28.5 Å². The lowest BCUT2D eigenvalue weighted by Gasteiger charge is -2.29. The van der Waals surface area contributed by atoms with Gasteiger partial charge in [0.05, 0.1) is 24.4 Å². The molecule has 6 rings (SSSR count). The first-order valence-electron chi connectivity index (χ1n) is 13.0. The Morgan fingerprint density at radius 1 is 0.854 bits per heavy atom. The second-order valence-electron chi connectivity index (χ2n) is 9.42. The number of hydrogen-bond donors (Lipinski definition) is 2. The average Bonchev–Trinajstić information content (AvgIpc) is 3.63. The molecule has 8 nitrogen and oxygen atoms in total. The van der Waals surface area contributed by atoms with Gasteiger partial charge in [-0.1, -0.05) is 6.07 Å². The molecule has 2 aromatic heterocycles. The molecule has 2 atom stereocenters. The maximum absolute atomic E-state index is 11.4. The molecule has 204 valence electrons. The number of pyridine rings is 1. The van der Waals surface area contributed by atoms with Gasteiger partial charge in [-0.3, -0.25) is 4.98 Å². The van der Waals surface area contributed by atoms with E-state index in [4.69, 9.17) is 21.7 Å². The smallest absolute Gasteiger partial charge is 0.335 e. The molecule has 5 aromatic rings. The van der Waals surface area contributed by atoms with Crippen molar-refractivity contribution in [3.05, 3.63) is 132 Å². The highest BCUT2D eigenvalue weighted by Gasteiger charge is 2.42. The van der Waals surface area contributed by atoms with E-state index in [0.29, 0.717) is 16.6 Å². The van der Waals surface area contributed by atoms with Crippen molar-refractivity contribution in [2.75, 3.05) is 12.0 Å². The lowest BCUT2D eigenvalue weighted by Crippen LogP contribution is -2.30. The molecular formula is C32H26N4O4S. The molecule has 3 heterocycles. The molecular weight excluding hydrogens is 536 g/mol. The summed E-state index contributed by atoms with van der Waals surface area (Å²) < 4.78 is 13.3. The molecule has 2 N–H and O–H groups in total. The van der Waals surface area contributed by atoms with Crippen LogP contribution in [0, 0.1) is 0 Å². The summed E-state index contributed by atoms with van der Waals surface area (Å²) >= 11 is 5.89. The summed E-state index contributed by atoms with van der Waals surface area (Å²) in [5.41, 5.74) is 3.79. The monoisotopic (exact) mass is 562 g/mol. The zero-order valence-electron chi connectivity index (χ0n) is 22.0. The normalized spacial score (nSPS) is 16.3. The van der Waals surface area contributed by atoms with Crippen molar-refractivity contribution in [1.29, 1.82) is 0 Å². The lowest BCUT2D eigenvalue weighted by molar-refractivity contribution is 0.0697. The molecule has 0 bridgehead atoms. The predicted molar refractivity (Wildman–Crippen MR) is 160 cm³/mol. The zero-order valence-corrected chi connectivity index (χ0v) is 22.9. The number of carboxylic acids is 1. The van der Waals surface area contributed by atoms with Crippen LogP contribution in [0.1, 0.15) is 33.8 Å². The first-order valence-corrected chi connectivity index (χ1v) is 13.4. The molecule has 1 saturated heterocycles. The Morgan fingerprint density at radius 2 is 1.51 bits per heavy atom. The summed E-state index contributed by atoms with van der Waals surface area (Å²) in [4.78, 5) is 18.1. The maximum atomic E-state index is 11.4. The fourth-order valence-corrected chi connectivity index (χ4v) is 5.37. The zero-order chi connectivity index (χ0) is 28.3. The number of methoxy groups -OCH3 is 1. The molecule has 0 spiro atoms. The molecule has 9 heteroatoms. The minimum atomic E-state index is -0.963. The Kier molecular flexibility index (Phi) is 7.09. The van der Waals surface area contributed by atoms with Crippen LogP contribution in [-0.2, 0) is 0 Å². The number of aromatic nitrogens is 2. The summed E-state index contributed by atoms with van der Waals surface area (Å²) in [7, 11) is 1.63. The van der Waals surface area contributed by atoms with Crippen LogP contribution < -0.4 is 19.7 Å². The summed E-state index contributed by atoms with van der Waals surface area (Å²) in [5.74, 6) is 1.20. The number of hydrogen-bond acceptors (Lipinski definition) is 5. The lowest BCUT2D eigenvalue weighted by atomic mass is 10.0. The van der Waals surface area contributed by atoms with Gasteiger partial charge in [0.2, 0.25) is 0 Å². The van der Waals surface area contributed by atoms with Crippen molar-refractivity contribution in [2.24, 2.45) is 0 Å². The van der Waals surface area contributed by atoms with Crippen LogP contribution in [-0.4, -0.2) is 32.8 Å². The Morgan fingerprint density at radius 3 is 2.15 bits per heavy atom. The number of benzene rings is 3. The van der Waals surface area contributed by atoms with Crippen molar-refractivity contribution >= 4 is 29.0 Å². The second-order valence-corrected chi connectivity index (χ2v) is 9.81. The van der Waals surface area contributed by atoms with Crippen LogP contribution in [0.4, 0.5) is 5.69 Å². The number of nitrogens with one attached hydrogen (secondary N) is 1. The largest absolute Gasteiger partial charge is 0.497 e. The van der Waals surface area contributed by atoms with Gasteiger partial charge in [0, 0.05) is 29.5 Å². The first-order chi connectivity index (χ1) is 20.0. The van der Waals surface area contributed by atoms with Crippen molar-refractivity contribution in [3.8, 4) is 22.9 Å². The summed E-state index contributed by atoms with van der Waals surface area (Å²) in [6.07, 6.45) is 3.74. The van der Waals surface area contributed by atoms with Gasteiger partial charge in [0.15, 0.2) is 5.11 Å². The van der Waals surface area contributed by atoms with Gasteiger partial charge in [-0.05, 0) is 109 Å². The molecule has 1 fully saturated rings. The van der Waals surface area contributed by atoms with Gasteiger partial charge in [-0.2, -0.15) is 0 Å². The fraction of sp³-hybridized carbons (Fsp3) is 0.0938. The van der Waals surface area contributed by atoms with Gasteiger partial charge >= 0.3 is 5.97 Å². The number of nitrogens with zero attached hydrogens (tertiary/aromatic N) is 3. The van der Waals surface area contributed by atoms with Crippen molar-refractivity contribution in [1.82, 2.24) is 14.9 Å². The van der Waals surface area contributed by atoms with E-state index in [1.54, 1.807) is 37.6 Å². The van der Waals surface area contributed by atoms with Gasteiger partial charge < -0.3 is 29.4 Å². The number of thiocarbonyl (C=S) groups is 1. The van der Waals surface area contributed by atoms with E-state index in [1.807, 2.05) is 79.0 Å². The van der Waals surface area contributed by atoms with Gasteiger partial charge in [-0.25, -0.2) is 4.79 Å². The Balaban J connectivity index is 1.36. The van der Waals surface area contributed by atoms with Gasteiger partial charge in [0.1, 0.15) is 23.3 Å². The minimum Gasteiger partial charge on any atom is -0.497 e. The highest BCUT2D eigenvalue weighted by Crippen LogP contribution is 2.42. The predicted octanol–water partition coefficient (Wildman–Crippen LogP) is 6.55. The first kappa shape index (κ1) is 26.1. The van der Waals surface area contributed by atoms with Crippen molar-refractivity contribution < 1.29 is 19.4 Å². The number of carboxylic acid groups (broad SMARTS) is 1. The van der Waals surface area contributed by atoms with Crippen molar-refractivity contribution in [2.45, 2.75) is 12.1 Å². The molecule has 0 saturated carbocycles. The Hall–Kier alpha value is -5.15. The number of ether oxygens (including phenoxy) is 2. The van der Waals surface area contributed by atoms with E-state index in [9.17, 15) is 9.90 Å². The fourth-order valence-electron chi connectivity index (χ4n) is 5.02. The summed E-state index contributed by atoms with van der Waals surface area (Å²) in [6.45, 7) is 0. The number of carbonyl (C=O) groups is 1. The topological polar surface area (TPSA) is 88.9 Å². The van der Waals surface area contributed by atoms with E-state index in [1.165, 1.54) is 0 Å². The number of rotatable bonds is 8.